The number of urea groups is 1. The summed E-state index contributed by atoms with van der Waals surface area (Å²) in [6.45, 7) is 2.80. The van der Waals surface area contributed by atoms with E-state index in [0.29, 0.717) is 6.54 Å². The van der Waals surface area contributed by atoms with Crippen molar-refractivity contribution in [2.24, 2.45) is 0 Å². The van der Waals surface area contributed by atoms with Gasteiger partial charge >= 0.3 is 6.03 Å². The van der Waals surface area contributed by atoms with Crippen LogP contribution >= 0.6 is 15.9 Å². The van der Waals surface area contributed by atoms with Crippen molar-refractivity contribution in [2.45, 2.75) is 32.6 Å². The van der Waals surface area contributed by atoms with E-state index in [-0.39, 0.29) is 6.03 Å². The molecular weight excluding hydrogens is 352 g/mol. The highest BCUT2D eigenvalue weighted by Crippen LogP contribution is 2.12. The monoisotopic (exact) mass is 374 g/mol. The third-order valence-electron chi connectivity index (χ3n) is 3.64. The van der Waals surface area contributed by atoms with Crippen LogP contribution in [0.4, 0.5) is 10.5 Å². The summed E-state index contributed by atoms with van der Waals surface area (Å²) in [6, 6.07) is 16.0. The minimum atomic E-state index is -0.164. The fourth-order valence-electron chi connectivity index (χ4n) is 2.28. The Bertz CT molecular complexity index is 608. The Morgan fingerprint density at radius 3 is 2.22 bits per heavy atom. The van der Waals surface area contributed by atoms with Gasteiger partial charge in [-0.25, -0.2) is 4.79 Å². The van der Waals surface area contributed by atoms with Crippen LogP contribution in [-0.4, -0.2) is 12.6 Å². The SMILES string of the molecule is CCCCc1ccc(NC(=O)NCCc2ccc(Br)cc2)cc1. The summed E-state index contributed by atoms with van der Waals surface area (Å²) in [4.78, 5) is 11.9. The predicted molar refractivity (Wildman–Crippen MR) is 99.9 cm³/mol. The van der Waals surface area contributed by atoms with Crippen LogP contribution in [0.5, 0.6) is 0 Å². The standard InChI is InChI=1S/C19H23BrN2O/c1-2-3-4-15-7-11-18(12-8-15)22-19(23)21-14-13-16-5-9-17(20)10-6-16/h5-12H,2-4,13-14H2,1H3,(H2,21,22,23). The van der Waals surface area contributed by atoms with Crippen molar-refractivity contribution in [1.29, 1.82) is 0 Å². The van der Waals surface area contributed by atoms with Crippen LogP contribution in [0.1, 0.15) is 30.9 Å². The Hall–Kier alpha value is -1.81. The molecule has 0 radical (unpaired) electrons. The van der Waals surface area contributed by atoms with Crippen molar-refractivity contribution in [3.05, 3.63) is 64.1 Å². The molecule has 2 aromatic carbocycles. The lowest BCUT2D eigenvalue weighted by Gasteiger charge is -2.08. The van der Waals surface area contributed by atoms with Crippen molar-refractivity contribution in [3.63, 3.8) is 0 Å². The lowest BCUT2D eigenvalue weighted by Crippen LogP contribution is -2.30. The first-order chi connectivity index (χ1) is 11.2. The summed E-state index contributed by atoms with van der Waals surface area (Å²) in [5.74, 6) is 0. The van der Waals surface area contributed by atoms with E-state index in [1.807, 2.05) is 24.3 Å². The molecule has 2 amide bonds. The summed E-state index contributed by atoms with van der Waals surface area (Å²) < 4.78 is 1.06. The molecule has 0 heterocycles. The zero-order valence-corrected chi connectivity index (χ0v) is 15.0. The smallest absolute Gasteiger partial charge is 0.319 e. The minimum Gasteiger partial charge on any atom is -0.338 e. The van der Waals surface area contributed by atoms with E-state index in [2.05, 4.69) is 57.8 Å². The van der Waals surface area contributed by atoms with E-state index in [1.165, 1.54) is 24.0 Å². The van der Waals surface area contributed by atoms with Crippen LogP contribution in [-0.2, 0) is 12.8 Å². The molecule has 0 aliphatic heterocycles. The molecule has 0 atom stereocenters. The molecular formula is C19H23BrN2O. The maximum Gasteiger partial charge on any atom is 0.319 e. The molecule has 2 N–H and O–H groups in total. The van der Waals surface area contributed by atoms with Crippen LogP contribution in [0.3, 0.4) is 0 Å². The normalized spacial score (nSPS) is 10.3. The molecule has 0 saturated carbocycles. The number of nitrogens with one attached hydrogen (secondary N) is 2. The van der Waals surface area contributed by atoms with Gasteiger partial charge in [-0.2, -0.15) is 0 Å². The lowest BCUT2D eigenvalue weighted by molar-refractivity contribution is 0.252. The van der Waals surface area contributed by atoms with E-state index < -0.39 is 0 Å². The predicted octanol–water partition coefficient (Wildman–Crippen LogP) is 5.16. The maximum atomic E-state index is 11.9. The molecule has 0 aliphatic rings. The number of hydrogen-bond donors (Lipinski definition) is 2. The number of aryl methyl sites for hydroxylation is 1. The average Bonchev–Trinajstić information content (AvgIpc) is 2.56. The Balaban J connectivity index is 1.72. The number of benzene rings is 2. The van der Waals surface area contributed by atoms with Crippen molar-refractivity contribution in [2.75, 3.05) is 11.9 Å². The molecule has 4 heteroatoms. The molecule has 0 fully saturated rings. The molecule has 2 aromatic rings. The fourth-order valence-corrected chi connectivity index (χ4v) is 2.55. The number of amides is 2. The first-order valence-corrected chi connectivity index (χ1v) is 8.85. The van der Waals surface area contributed by atoms with Crippen molar-refractivity contribution in [3.8, 4) is 0 Å². The zero-order valence-electron chi connectivity index (χ0n) is 13.4. The zero-order chi connectivity index (χ0) is 16.5. The van der Waals surface area contributed by atoms with Crippen LogP contribution < -0.4 is 10.6 Å². The van der Waals surface area contributed by atoms with E-state index in [1.54, 1.807) is 0 Å². The quantitative estimate of drug-likeness (QED) is 0.690. The molecule has 0 aromatic heterocycles. The van der Waals surface area contributed by atoms with E-state index >= 15 is 0 Å². The summed E-state index contributed by atoms with van der Waals surface area (Å²) in [6.07, 6.45) is 4.30. The second-order valence-electron chi connectivity index (χ2n) is 5.56. The number of unbranched alkanes of at least 4 members (excludes halogenated alkanes) is 1. The van der Waals surface area contributed by atoms with Crippen molar-refractivity contribution in [1.82, 2.24) is 5.32 Å². The Morgan fingerprint density at radius 2 is 1.57 bits per heavy atom. The van der Waals surface area contributed by atoms with Gasteiger partial charge in [0.15, 0.2) is 0 Å². The third kappa shape index (κ3) is 6.45. The molecule has 0 unspecified atom stereocenters. The molecule has 0 bridgehead atoms. The van der Waals surface area contributed by atoms with Crippen LogP contribution in [0.2, 0.25) is 0 Å². The van der Waals surface area contributed by atoms with Crippen LogP contribution in [0, 0.1) is 0 Å². The molecule has 23 heavy (non-hydrogen) atoms. The Morgan fingerprint density at radius 1 is 0.957 bits per heavy atom. The highest BCUT2D eigenvalue weighted by atomic mass is 79.9. The van der Waals surface area contributed by atoms with Gasteiger partial charge in [0.05, 0.1) is 0 Å². The number of anilines is 1. The number of halogens is 1. The molecule has 0 saturated heterocycles. The Labute approximate surface area is 146 Å². The summed E-state index contributed by atoms with van der Waals surface area (Å²) >= 11 is 3.41. The topological polar surface area (TPSA) is 41.1 Å². The third-order valence-corrected chi connectivity index (χ3v) is 4.17. The minimum absolute atomic E-state index is 0.164. The maximum absolute atomic E-state index is 11.9. The van der Waals surface area contributed by atoms with Gasteiger partial charge in [-0.1, -0.05) is 53.5 Å². The van der Waals surface area contributed by atoms with Crippen LogP contribution in [0.15, 0.2) is 53.0 Å². The van der Waals surface area contributed by atoms with Gasteiger partial charge in [-0.3, -0.25) is 0 Å². The summed E-state index contributed by atoms with van der Waals surface area (Å²) in [5, 5.41) is 5.74. The number of rotatable bonds is 7. The van der Waals surface area contributed by atoms with Crippen molar-refractivity contribution < 1.29 is 4.79 Å². The van der Waals surface area contributed by atoms with E-state index in [9.17, 15) is 4.79 Å². The Kier molecular flexibility index (Phi) is 7.14. The van der Waals surface area contributed by atoms with E-state index in [0.717, 1.165) is 23.0 Å². The van der Waals surface area contributed by atoms with E-state index in [4.69, 9.17) is 0 Å². The largest absolute Gasteiger partial charge is 0.338 e. The van der Waals surface area contributed by atoms with Gasteiger partial charge in [0.25, 0.3) is 0 Å². The van der Waals surface area contributed by atoms with Gasteiger partial charge in [0, 0.05) is 16.7 Å². The second-order valence-corrected chi connectivity index (χ2v) is 6.47. The van der Waals surface area contributed by atoms with Crippen LogP contribution in [0.25, 0.3) is 0 Å². The molecule has 2 rings (SSSR count). The number of carbonyl (C=O) groups is 1. The second kappa shape index (κ2) is 9.36. The highest BCUT2D eigenvalue weighted by molar-refractivity contribution is 9.10. The fraction of sp³-hybridized carbons (Fsp3) is 0.316. The van der Waals surface area contributed by atoms with Gasteiger partial charge in [0.1, 0.15) is 0 Å². The van der Waals surface area contributed by atoms with Crippen molar-refractivity contribution >= 4 is 27.6 Å². The molecule has 0 aliphatic carbocycles. The molecule has 3 nitrogen and oxygen atoms in total. The summed E-state index contributed by atoms with van der Waals surface area (Å²) in [5.41, 5.74) is 3.34. The number of hydrogen-bond acceptors (Lipinski definition) is 1. The molecule has 122 valence electrons. The summed E-state index contributed by atoms with van der Waals surface area (Å²) in [7, 11) is 0. The number of carbonyl (C=O) groups excluding carboxylic acids is 1. The van der Waals surface area contributed by atoms with Gasteiger partial charge in [-0.05, 0) is 54.7 Å². The molecule has 0 spiro atoms. The van der Waals surface area contributed by atoms with Gasteiger partial charge in [0.2, 0.25) is 0 Å². The first-order valence-electron chi connectivity index (χ1n) is 8.05. The first kappa shape index (κ1) is 17.5. The van der Waals surface area contributed by atoms with Gasteiger partial charge in [-0.15, -0.1) is 0 Å². The highest BCUT2D eigenvalue weighted by Gasteiger charge is 2.02. The van der Waals surface area contributed by atoms with Gasteiger partial charge < -0.3 is 10.6 Å². The average molecular weight is 375 g/mol. The lowest BCUT2D eigenvalue weighted by atomic mass is 10.1.